The zero-order chi connectivity index (χ0) is 19.1. The van der Waals surface area contributed by atoms with Gasteiger partial charge in [0.1, 0.15) is 5.75 Å². The second kappa shape index (κ2) is 8.76. The average molecular weight is 358 g/mol. The molecule has 0 saturated carbocycles. The van der Waals surface area contributed by atoms with Crippen LogP contribution in [0.3, 0.4) is 0 Å². The lowest BCUT2D eigenvalue weighted by Gasteiger charge is -2.11. The Morgan fingerprint density at radius 3 is 2.48 bits per heavy atom. The van der Waals surface area contributed by atoms with Crippen molar-refractivity contribution in [2.45, 2.75) is 13.3 Å². The van der Waals surface area contributed by atoms with E-state index >= 15 is 0 Å². The summed E-state index contributed by atoms with van der Waals surface area (Å²) in [6.07, 6.45) is 4.25. The average Bonchev–Trinajstić information content (AvgIpc) is 2.71. The van der Waals surface area contributed by atoms with E-state index in [0.29, 0.717) is 18.1 Å². The van der Waals surface area contributed by atoms with E-state index in [4.69, 9.17) is 4.74 Å². The van der Waals surface area contributed by atoms with Crippen molar-refractivity contribution < 1.29 is 4.74 Å². The molecule has 0 fully saturated rings. The van der Waals surface area contributed by atoms with E-state index in [9.17, 15) is 0 Å². The number of methoxy groups -OCH3 is 1. The number of nitrogens with zero attached hydrogens (tertiary/aromatic N) is 3. The Morgan fingerprint density at radius 1 is 1.07 bits per heavy atom. The van der Waals surface area contributed by atoms with Crippen LogP contribution in [0, 0.1) is 6.92 Å². The van der Waals surface area contributed by atoms with Crippen LogP contribution in [0.5, 0.6) is 5.75 Å². The molecule has 1 heterocycles. The topological polar surface area (TPSA) is 59.4 Å². The molecule has 0 spiro atoms. The van der Waals surface area contributed by atoms with Gasteiger partial charge in [0.15, 0.2) is 11.6 Å². The molecule has 0 bridgehead atoms. The summed E-state index contributed by atoms with van der Waals surface area (Å²) in [6.45, 7) is 5.81. The lowest BCUT2D eigenvalue weighted by atomic mass is 10.1. The highest BCUT2D eigenvalue weighted by molar-refractivity contribution is 5.80. The Hall–Kier alpha value is -3.47. The van der Waals surface area contributed by atoms with Gasteiger partial charge in [-0.05, 0) is 43.2 Å². The van der Waals surface area contributed by atoms with E-state index in [1.807, 2.05) is 67.6 Å². The molecule has 3 aromatic rings. The fourth-order valence-electron chi connectivity index (χ4n) is 2.65. The molecule has 1 aromatic heterocycles. The number of aromatic nitrogens is 2. The second-order valence-corrected chi connectivity index (χ2v) is 5.96. The molecule has 0 radical (unpaired) electrons. The molecule has 1 N–H and O–H groups in total. The van der Waals surface area contributed by atoms with E-state index in [1.54, 1.807) is 13.3 Å². The highest BCUT2D eigenvalue weighted by atomic mass is 16.5. The fraction of sp³-hybridized carbons (Fsp3) is 0.136. The molecule has 0 unspecified atom stereocenters. The minimum absolute atomic E-state index is 0.668. The molecular weight excluding hydrogens is 336 g/mol. The van der Waals surface area contributed by atoms with Crippen molar-refractivity contribution in [1.29, 1.82) is 0 Å². The summed E-state index contributed by atoms with van der Waals surface area (Å²) in [7, 11) is 1.65. The quantitative estimate of drug-likeness (QED) is 0.380. The van der Waals surface area contributed by atoms with Crippen molar-refractivity contribution in [3.63, 3.8) is 0 Å². The lowest BCUT2D eigenvalue weighted by molar-refractivity contribution is 0.415. The minimum Gasteiger partial charge on any atom is -0.497 e. The van der Waals surface area contributed by atoms with Crippen LogP contribution in [0.4, 0.5) is 5.82 Å². The van der Waals surface area contributed by atoms with Gasteiger partial charge in [0.2, 0.25) is 0 Å². The third-order valence-electron chi connectivity index (χ3n) is 4.09. The third-order valence-corrected chi connectivity index (χ3v) is 4.09. The van der Waals surface area contributed by atoms with E-state index in [1.165, 1.54) is 0 Å². The molecule has 0 saturated heterocycles. The number of rotatable bonds is 7. The maximum absolute atomic E-state index is 5.17. The molecule has 27 heavy (non-hydrogen) atoms. The number of benzene rings is 2. The Morgan fingerprint density at radius 2 is 1.81 bits per heavy atom. The SMILES string of the molecule is C=CCc1c(C)nc(-c2ccccc2)nc1NN=Cc1ccc(OC)cc1. The molecule has 0 aliphatic rings. The molecule has 136 valence electrons. The Labute approximate surface area is 159 Å². The summed E-state index contributed by atoms with van der Waals surface area (Å²) in [5.41, 5.74) is 6.88. The monoisotopic (exact) mass is 358 g/mol. The van der Waals surface area contributed by atoms with Gasteiger partial charge < -0.3 is 4.74 Å². The number of hydrazone groups is 1. The van der Waals surface area contributed by atoms with Crippen LogP contribution in [0.1, 0.15) is 16.8 Å². The van der Waals surface area contributed by atoms with E-state index in [2.05, 4.69) is 27.1 Å². The summed E-state index contributed by atoms with van der Waals surface area (Å²) in [4.78, 5) is 9.32. The predicted octanol–water partition coefficient (Wildman–Crippen LogP) is 4.64. The Balaban J connectivity index is 1.88. The summed E-state index contributed by atoms with van der Waals surface area (Å²) in [5, 5.41) is 4.35. The van der Waals surface area contributed by atoms with E-state index < -0.39 is 0 Å². The van der Waals surface area contributed by atoms with Gasteiger partial charge >= 0.3 is 0 Å². The van der Waals surface area contributed by atoms with Gasteiger partial charge in [-0.15, -0.1) is 6.58 Å². The van der Waals surface area contributed by atoms with Crippen LogP contribution in [-0.2, 0) is 6.42 Å². The highest BCUT2D eigenvalue weighted by Crippen LogP contribution is 2.23. The third kappa shape index (κ3) is 4.58. The number of ether oxygens (including phenoxy) is 1. The largest absolute Gasteiger partial charge is 0.497 e. The number of hydrogen-bond acceptors (Lipinski definition) is 5. The number of hydrogen-bond donors (Lipinski definition) is 1. The summed E-state index contributed by atoms with van der Waals surface area (Å²) < 4.78 is 5.17. The number of allylic oxidation sites excluding steroid dienone is 1. The lowest BCUT2D eigenvalue weighted by Crippen LogP contribution is -2.05. The van der Waals surface area contributed by atoms with Crippen molar-refractivity contribution in [2.24, 2.45) is 5.10 Å². The maximum Gasteiger partial charge on any atom is 0.161 e. The van der Waals surface area contributed by atoms with Crippen molar-refractivity contribution in [3.05, 3.63) is 84.1 Å². The summed E-state index contributed by atoms with van der Waals surface area (Å²) in [6, 6.07) is 17.6. The Bertz CT molecular complexity index is 935. The van der Waals surface area contributed by atoms with Gasteiger partial charge in [-0.2, -0.15) is 5.10 Å². The van der Waals surface area contributed by atoms with Crippen molar-refractivity contribution in [1.82, 2.24) is 9.97 Å². The standard InChI is InChI=1S/C22H22N4O/c1-4-8-20-16(2)24-21(18-9-6-5-7-10-18)25-22(20)26-23-15-17-11-13-19(27-3)14-12-17/h4-7,9-15H,1,8H2,2-3H3,(H,24,25,26). The van der Waals surface area contributed by atoms with Gasteiger partial charge in [0.05, 0.1) is 13.3 Å². The number of anilines is 1. The second-order valence-electron chi connectivity index (χ2n) is 5.96. The first-order chi connectivity index (χ1) is 13.2. The number of aryl methyl sites for hydroxylation is 1. The van der Waals surface area contributed by atoms with E-state index in [0.717, 1.165) is 28.1 Å². The Kier molecular flexibility index (Phi) is 5.94. The molecule has 0 aliphatic carbocycles. The van der Waals surface area contributed by atoms with Crippen molar-refractivity contribution in [3.8, 4) is 17.1 Å². The zero-order valence-electron chi connectivity index (χ0n) is 15.5. The summed E-state index contributed by atoms with van der Waals surface area (Å²) >= 11 is 0. The van der Waals surface area contributed by atoms with Crippen molar-refractivity contribution >= 4 is 12.0 Å². The van der Waals surface area contributed by atoms with Crippen molar-refractivity contribution in [2.75, 3.05) is 12.5 Å². The van der Waals surface area contributed by atoms with Crippen LogP contribution in [-0.4, -0.2) is 23.3 Å². The van der Waals surface area contributed by atoms with Gasteiger partial charge in [-0.25, -0.2) is 9.97 Å². The first kappa shape index (κ1) is 18.3. The minimum atomic E-state index is 0.668. The van der Waals surface area contributed by atoms with Crippen LogP contribution in [0.15, 0.2) is 72.4 Å². The molecular formula is C22H22N4O. The first-order valence-corrected chi connectivity index (χ1v) is 8.68. The highest BCUT2D eigenvalue weighted by Gasteiger charge is 2.11. The molecule has 0 amide bonds. The van der Waals surface area contributed by atoms with Gasteiger partial charge in [-0.3, -0.25) is 5.43 Å². The van der Waals surface area contributed by atoms with Crippen LogP contribution in [0.2, 0.25) is 0 Å². The fourth-order valence-corrected chi connectivity index (χ4v) is 2.65. The molecule has 5 heteroatoms. The van der Waals surface area contributed by atoms with Crippen LogP contribution >= 0.6 is 0 Å². The van der Waals surface area contributed by atoms with Crippen LogP contribution < -0.4 is 10.2 Å². The molecule has 5 nitrogen and oxygen atoms in total. The van der Waals surface area contributed by atoms with Crippen LogP contribution in [0.25, 0.3) is 11.4 Å². The normalized spacial score (nSPS) is 10.7. The molecule has 0 aliphatic heterocycles. The smallest absolute Gasteiger partial charge is 0.161 e. The molecule has 2 aromatic carbocycles. The van der Waals surface area contributed by atoms with Gasteiger partial charge in [0, 0.05) is 16.8 Å². The van der Waals surface area contributed by atoms with Gasteiger partial charge in [-0.1, -0.05) is 36.4 Å². The molecule has 3 rings (SSSR count). The van der Waals surface area contributed by atoms with E-state index in [-0.39, 0.29) is 0 Å². The first-order valence-electron chi connectivity index (χ1n) is 8.68. The summed E-state index contributed by atoms with van der Waals surface area (Å²) in [5.74, 6) is 2.17. The molecule has 0 atom stereocenters. The van der Waals surface area contributed by atoms with Gasteiger partial charge in [0.25, 0.3) is 0 Å². The zero-order valence-corrected chi connectivity index (χ0v) is 15.5. The maximum atomic E-state index is 5.17. The number of nitrogens with one attached hydrogen (secondary N) is 1. The predicted molar refractivity (Wildman–Crippen MR) is 110 cm³/mol.